The maximum absolute atomic E-state index is 12.9. The second-order valence-electron chi connectivity index (χ2n) is 8.22. The fourth-order valence-corrected chi connectivity index (χ4v) is 4.85. The van der Waals surface area contributed by atoms with E-state index in [1.165, 1.54) is 30.1 Å². The number of pyridine rings is 1. The molecule has 170 valence electrons. The third kappa shape index (κ3) is 4.29. The van der Waals surface area contributed by atoms with Crippen molar-refractivity contribution < 1.29 is 13.2 Å². The number of hydrogen-bond acceptors (Lipinski definition) is 8. The van der Waals surface area contributed by atoms with Gasteiger partial charge in [-0.3, -0.25) is 9.59 Å². The minimum Gasteiger partial charge on any atom is -0.365 e. The molecule has 11 heteroatoms. The minimum absolute atomic E-state index is 0.0487. The molecule has 0 atom stereocenters. The van der Waals surface area contributed by atoms with Crippen LogP contribution in [0.5, 0.6) is 0 Å². The summed E-state index contributed by atoms with van der Waals surface area (Å²) in [5.41, 5.74) is 1.18. The van der Waals surface area contributed by atoms with Crippen molar-refractivity contribution >= 4 is 32.5 Å². The first-order valence-electron chi connectivity index (χ1n) is 10.2. The number of aromatic nitrogens is 3. The Morgan fingerprint density at radius 1 is 1.27 bits per heavy atom. The van der Waals surface area contributed by atoms with Gasteiger partial charge in [0.2, 0.25) is 0 Å². The Bertz CT molecular complexity index is 1450. The highest BCUT2D eigenvalue weighted by molar-refractivity contribution is 7.92. The molecule has 1 aliphatic carbocycles. The van der Waals surface area contributed by atoms with E-state index in [1.807, 2.05) is 6.07 Å². The van der Waals surface area contributed by atoms with Crippen molar-refractivity contribution in [1.29, 1.82) is 5.26 Å². The van der Waals surface area contributed by atoms with Crippen LogP contribution in [0.25, 0.3) is 10.9 Å². The molecule has 1 amide bonds. The largest absolute Gasteiger partial charge is 0.365 e. The smallest absolute Gasteiger partial charge is 0.263 e. The van der Waals surface area contributed by atoms with Crippen molar-refractivity contribution in [2.75, 3.05) is 18.1 Å². The number of fused-ring (bicyclic) bond motifs is 1. The lowest BCUT2D eigenvalue weighted by atomic mass is 10.1. The molecule has 1 aromatic carbocycles. The molecule has 33 heavy (non-hydrogen) atoms. The highest BCUT2D eigenvalue weighted by Gasteiger charge is 2.52. The Balaban J connectivity index is 1.58. The molecule has 1 saturated carbocycles. The zero-order chi connectivity index (χ0) is 23.8. The van der Waals surface area contributed by atoms with Crippen LogP contribution in [0, 0.1) is 11.3 Å². The van der Waals surface area contributed by atoms with Gasteiger partial charge in [0.05, 0.1) is 28.1 Å². The first-order chi connectivity index (χ1) is 15.6. The minimum atomic E-state index is -3.23. The standard InChI is InChI=1S/C22H22N6O4S/c1-28-18-16(12-26-27-19(18)25-13-22(7-8-22)33(2,31)32)9-17(21(28)30)20(29)24-11-15-5-3-14(10-23)4-6-15/h3-6,9,12H,7-8,11,13H2,1-2H3,(H,24,29)(H,25,27). The first-order valence-corrected chi connectivity index (χ1v) is 12.1. The van der Waals surface area contributed by atoms with E-state index in [0.29, 0.717) is 29.3 Å². The maximum Gasteiger partial charge on any atom is 0.263 e. The molecule has 2 heterocycles. The first kappa shape index (κ1) is 22.4. The summed E-state index contributed by atoms with van der Waals surface area (Å²) in [5.74, 6) is -0.256. The fraction of sp³-hybridized carbons (Fsp3) is 0.318. The maximum atomic E-state index is 12.9. The summed E-state index contributed by atoms with van der Waals surface area (Å²) in [6.07, 6.45) is 3.80. The molecule has 2 N–H and O–H groups in total. The number of carbonyl (C=O) groups excluding carboxylic acids is 1. The molecule has 0 bridgehead atoms. The Morgan fingerprint density at radius 2 is 1.97 bits per heavy atom. The van der Waals surface area contributed by atoms with Crippen molar-refractivity contribution in [2.24, 2.45) is 7.05 Å². The van der Waals surface area contributed by atoms with Crippen LogP contribution in [0.4, 0.5) is 5.82 Å². The molecular weight excluding hydrogens is 444 g/mol. The summed E-state index contributed by atoms with van der Waals surface area (Å²) >= 11 is 0. The number of nitrogens with one attached hydrogen (secondary N) is 2. The Kier molecular flexibility index (Phi) is 5.63. The van der Waals surface area contributed by atoms with Crippen molar-refractivity contribution in [3.05, 3.63) is 63.6 Å². The van der Waals surface area contributed by atoms with Crippen LogP contribution in [0.1, 0.15) is 34.3 Å². The third-order valence-corrected chi connectivity index (χ3v) is 8.10. The third-order valence-electron chi connectivity index (χ3n) is 5.98. The normalized spacial score (nSPS) is 14.5. The predicted octanol–water partition coefficient (Wildman–Crippen LogP) is 1.12. The molecule has 0 radical (unpaired) electrons. The van der Waals surface area contributed by atoms with E-state index >= 15 is 0 Å². The number of hydrogen-bond donors (Lipinski definition) is 2. The molecule has 1 aliphatic rings. The molecule has 3 aromatic rings. The van der Waals surface area contributed by atoms with Gasteiger partial charge in [-0.25, -0.2) is 8.42 Å². The second-order valence-corrected chi connectivity index (χ2v) is 10.6. The summed E-state index contributed by atoms with van der Waals surface area (Å²) in [7, 11) is -1.71. The van der Waals surface area contributed by atoms with E-state index in [4.69, 9.17) is 5.26 Å². The van der Waals surface area contributed by atoms with Gasteiger partial charge in [-0.05, 0) is 36.6 Å². The number of carbonyl (C=O) groups is 1. The van der Waals surface area contributed by atoms with Crippen molar-refractivity contribution in [3.63, 3.8) is 0 Å². The highest BCUT2D eigenvalue weighted by atomic mass is 32.2. The second kappa shape index (κ2) is 8.29. The quantitative estimate of drug-likeness (QED) is 0.526. The molecule has 4 rings (SSSR count). The van der Waals surface area contributed by atoms with E-state index in [2.05, 4.69) is 20.8 Å². The van der Waals surface area contributed by atoms with E-state index in [0.717, 1.165) is 5.56 Å². The molecule has 2 aromatic heterocycles. The van der Waals surface area contributed by atoms with E-state index < -0.39 is 26.1 Å². The van der Waals surface area contributed by atoms with Crippen LogP contribution in [0.3, 0.4) is 0 Å². The van der Waals surface area contributed by atoms with Gasteiger partial charge < -0.3 is 15.2 Å². The average molecular weight is 467 g/mol. The molecular formula is C22H22N6O4S. The number of rotatable bonds is 7. The Morgan fingerprint density at radius 3 is 2.58 bits per heavy atom. The zero-order valence-corrected chi connectivity index (χ0v) is 18.9. The summed E-state index contributed by atoms with van der Waals surface area (Å²) < 4.78 is 24.6. The summed E-state index contributed by atoms with van der Waals surface area (Å²) in [4.78, 5) is 25.7. The van der Waals surface area contributed by atoms with Crippen LogP contribution in [-0.2, 0) is 23.4 Å². The van der Waals surface area contributed by atoms with Gasteiger partial charge in [-0.2, -0.15) is 10.4 Å². The van der Waals surface area contributed by atoms with Crippen molar-refractivity contribution in [3.8, 4) is 6.07 Å². The van der Waals surface area contributed by atoms with Crippen LogP contribution < -0.4 is 16.2 Å². The number of aryl methyl sites for hydroxylation is 1. The SMILES string of the molecule is Cn1c(=O)c(C(=O)NCc2ccc(C#N)cc2)cc2cnnc(NCC3(S(C)(=O)=O)CC3)c21. The van der Waals surface area contributed by atoms with Gasteiger partial charge in [0.1, 0.15) is 5.56 Å². The van der Waals surface area contributed by atoms with E-state index in [-0.39, 0.29) is 24.5 Å². The molecule has 10 nitrogen and oxygen atoms in total. The van der Waals surface area contributed by atoms with Crippen LogP contribution in [0.2, 0.25) is 0 Å². The number of benzene rings is 1. The Labute approximate surface area is 190 Å². The van der Waals surface area contributed by atoms with E-state index in [1.54, 1.807) is 24.3 Å². The zero-order valence-electron chi connectivity index (χ0n) is 18.1. The van der Waals surface area contributed by atoms with Gasteiger partial charge in [-0.1, -0.05) is 12.1 Å². The van der Waals surface area contributed by atoms with E-state index in [9.17, 15) is 18.0 Å². The van der Waals surface area contributed by atoms with Gasteiger partial charge in [0, 0.05) is 31.8 Å². The van der Waals surface area contributed by atoms with Crippen molar-refractivity contribution in [1.82, 2.24) is 20.1 Å². The van der Waals surface area contributed by atoms with Crippen LogP contribution >= 0.6 is 0 Å². The number of amides is 1. The number of nitriles is 1. The van der Waals surface area contributed by atoms with Gasteiger partial charge in [0.15, 0.2) is 15.7 Å². The molecule has 0 spiro atoms. The lowest BCUT2D eigenvalue weighted by Gasteiger charge is -2.16. The summed E-state index contributed by atoms with van der Waals surface area (Å²) in [6, 6.07) is 10.2. The number of sulfone groups is 1. The molecule has 0 aliphatic heterocycles. The van der Waals surface area contributed by atoms with Crippen LogP contribution in [-0.4, -0.2) is 46.6 Å². The number of anilines is 1. The highest BCUT2D eigenvalue weighted by Crippen LogP contribution is 2.43. The Hall–Kier alpha value is -3.78. The summed E-state index contributed by atoms with van der Waals surface area (Å²) in [5, 5.41) is 23.1. The van der Waals surface area contributed by atoms with Gasteiger partial charge in [0.25, 0.3) is 11.5 Å². The molecule has 0 unspecified atom stereocenters. The monoisotopic (exact) mass is 466 g/mol. The molecule has 0 saturated heterocycles. The number of nitrogens with zero attached hydrogens (tertiary/aromatic N) is 4. The molecule has 1 fully saturated rings. The fourth-order valence-electron chi connectivity index (χ4n) is 3.67. The average Bonchev–Trinajstić information content (AvgIpc) is 3.60. The summed E-state index contributed by atoms with van der Waals surface area (Å²) in [6.45, 7) is 0.362. The van der Waals surface area contributed by atoms with Crippen molar-refractivity contribution in [2.45, 2.75) is 24.1 Å². The van der Waals surface area contributed by atoms with Gasteiger partial charge in [-0.15, -0.1) is 5.10 Å². The topological polar surface area (TPSA) is 147 Å². The lowest BCUT2D eigenvalue weighted by molar-refractivity contribution is 0.0949. The lowest BCUT2D eigenvalue weighted by Crippen LogP contribution is -2.33. The van der Waals surface area contributed by atoms with Crippen LogP contribution in [0.15, 0.2) is 41.3 Å². The van der Waals surface area contributed by atoms with Gasteiger partial charge >= 0.3 is 0 Å². The predicted molar refractivity (Wildman–Crippen MR) is 122 cm³/mol.